The first kappa shape index (κ1) is 17.7. The van der Waals surface area contributed by atoms with Crippen molar-refractivity contribution in [3.8, 4) is 0 Å². The Morgan fingerprint density at radius 2 is 1.74 bits per heavy atom. The van der Waals surface area contributed by atoms with Crippen LogP contribution in [0.25, 0.3) is 5.57 Å². The minimum atomic E-state index is -1.45. The second kappa shape index (κ2) is 5.63. The lowest BCUT2D eigenvalue weighted by molar-refractivity contribution is -0.357. The van der Waals surface area contributed by atoms with Crippen LogP contribution in [0.2, 0.25) is 6.82 Å². The molecule has 0 spiro atoms. The molecule has 0 saturated carbocycles. The number of allylic oxidation sites excluding steroid dienone is 2. The van der Waals surface area contributed by atoms with Crippen molar-refractivity contribution in [1.82, 2.24) is 4.48 Å². The number of aromatic nitrogens is 1. The normalized spacial score (nSPS) is 21.5. The number of nitrogen functional groups attached to an aromatic ring is 2. The van der Waals surface area contributed by atoms with Gasteiger partial charge in [-0.15, -0.1) is 0 Å². The van der Waals surface area contributed by atoms with Gasteiger partial charge in [0.25, 0.3) is 0 Å². The van der Waals surface area contributed by atoms with Crippen molar-refractivity contribution in [2.45, 2.75) is 34.5 Å². The molecule has 1 unspecified atom stereocenters. The number of hydrogen-bond donors (Lipinski definition) is 2. The van der Waals surface area contributed by atoms with Crippen molar-refractivity contribution in [2.24, 2.45) is 0 Å². The Morgan fingerprint density at radius 3 is 2.37 bits per heavy atom. The van der Waals surface area contributed by atoms with Crippen LogP contribution in [-0.2, 0) is 4.65 Å². The van der Waals surface area contributed by atoms with Crippen molar-refractivity contribution in [2.75, 3.05) is 18.6 Å². The summed E-state index contributed by atoms with van der Waals surface area (Å²) in [6, 6.07) is 8.15. The fraction of sp³-hybridized carbons (Fsp3) is 0.286. The zero-order valence-corrected chi connectivity index (χ0v) is 16.9. The maximum atomic E-state index is 6.18. The van der Waals surface area contributed by atoms with Gasteiger partial charge in [0.15, 0.2) is 5.70 Å². The van der Waals surface area contributed by atoms with E-state index in [0.717, 1.165) is 5.56 Å². The van der Waals surface area contributed by atoms with E-state index in [1.54, 1.807) is 7.11 Å². The van der Waals surface area contributed by atoms with Gasteiger partial charge in [-0.05, 0) is 62.9 Å². The Hall–Kier alpha value is -2.73. The van der Waals surface area contributed by atoms with E-state index in [2.05, 4.69) is 61.7 Å². The van der Waals surface area contributed by atoms with E-state index in [4.69, 9.17) is 16.1 Å². The number of aryl methyl sites for hydroxylation is 2. The average molecular weight is 362 g/mol. The van der Waals surface area contributed by atoms with Gasteiger partial charge in [-0.2, -0.15) is 0 Å². The molecule has 2 aromatic rings. The smallest absolute Gasteiger partial charge is 0.512 e. The molecule has 2 aliphatic heterocycles. The molecule has 1 aromatic heterocycles. The molecule has 0 radical (unpaired) electrons. The zero-order chi connectivity index (χ0) is 19.7. The monoisotopic (exact) mass is 362 g/mol. The molecular weight excluding hydrogens is 335 g/mol. The summed E-state index contributed by atoms with van der Waals surface area (Å²) in [5.74, 6) is 0. The van der Waals surface area contributed by atoms with Crippen molar-refractivity contribution in [1.29, 1.82) is 0 Å². The Balaban J connectivity index is 2.18. The number of benzene rings is 1. The summed E-state index contributed by atoms with van der Waals surface area (Å²) in [7, 11) is 1.79. The molecule has 1 aromatic carbocycles. The van der Waals surface area contributed by atoms with Crippen LogP contribution in [0, 0.1) is 13.8 Å². The minimum Gasteiger partial charge on any atom is -0.514 e. The maximum Gasteiger partial charge on any atom is 0.512 e. The van der Waals surface area contributed by atoms with Crippen LogP contribution in [0.5, 0.6) is 0 Å². The summed E-state index contributed by atoms with van der Waals surface area (Å²) in [5.41, 5.74) is 22.8. The summed E-state index contributed by atoms with van der Waals surface area (Å²) in [4.78, 5) is 0. The molecular formula is C21H27BN4O. The van der Waals surface area contributed by atoms with Crippen LogP contribution in [0.15, 0.2) is 41.6 Å². The van der Waals surface area contributed by atoms with Crippen LogP contribution in [0.3, 0.4) is 0 Å². The number of nitrogens with zero attached hydrogens (tertiary/aromatic N) is 2. The molecule has 3 heterocycles. The standard InChI is InChI=1S/C21H27BN4O/c1-12-9-14(3)25-20(12)19(16-7-8-17(23)18(24)11-16)21-13(2)10-15(4)26(21)22(25,5)27-6/h7-11H,23-24H2,1-6H3. The van der Waals surface area contributed by atoms with Crippen LogP contribution in [-0.4, -0.2) is 28.4 Å². The molecule has 0 amide bonds. The zero-order valence-electron chi connectivity index (χ0n) is 16.9. The third-order valence-corrected chi connectivity index (χ3v) is 6.09. The molecule has 0 aliphatic carbocycles. The first-order valence-electron chi connectivity index (χ1n) is 9.35. The SMILES string of the molecule is CO[B-]1(C)n2c(C)cc(C)c2C(c2ccc(N)c(N)c2)=C2C(C)=CC(C)=[N+]21. The average Bonchev–Trinajstić information content (AvgIpc) is 3.08. The highest BCUT2D eigenvalue weighted by molar-refractivity contribution is 6.65. The molecule has 0 bridgehead atoms. The predicted molar refractivity (Wildman–Crippen MR) is 114 cm³/mol. The molecule has 4 rings (SSSR count). The van der Waals surface area contributed by atoms with Gasteiger partial charge in [0.2, 0.25) is 0 Å². The molecule has 1 atom stereocenters. The topological polar surface area (TPSA) is 69.2 Å². The van der Waals surface area contributed by atoms with Gasteiger partial charge in [0.1, 0.15) is 5.71 Å². The van der Waals surface area contributed by atoms with E-state index < -0.39 is 6.62 Å². The van der Waals surface area contributed by atoms with E-state index in [0.29, 0.717) is 11.4 Å². The van der Waals surface area contributed by atoms with E-state index in [1.165, 1.54) is 39.5 Å². The van der Waals surface area contributed by atoms with Crippen molar-refractivity contribution in [3.63, 3.8) is 0 Å². The molecule has 140 valence electrons. The second-order valence-corrected chi connectivity index (χ2v) is 7.91. The van der Waals surface area contributed by atoms with Gasteiger partial charge < -0.3 is 25.1 Å². The van der Waals surface area contributed by atoms with Gasteiger partial charge >= 0.3 is 6.62 Å². The van der Waals surface area contributed by atoms with Gasteiger partial charge in [-0.25, -0.2) is 0 Å². The van der Waals surface area contributed by atoms with E-state index in [1.807, 2.05) is 12.1 Å². The molecule has 5 nitrogen and oxygen atoms in total. The quantitative estimate of drug-likeness (QED) is 0.634. The minimum absolute atomic E-state index is 0.602. The predicted octanol–water partition coefficient (Wildman–Crippen LogP) is 3.54. The lowest BCUT2D eigenvalue weighted by Crippen LogP contribution is -2.57. The van der Waals surface area contributed by atoms with Crippen LogP contribution in [0.4, 0.5) is 11.4 Å². The molecule has 0 fully saturated rings. The van der Waals surface area contributed by atoms with Gasteiger partial charge in [-0.1, -0.05) is 12.9 Å². The molecule has 0 saturated heterocycles. The number of hydrogen-bond acceptors (Lipinski definition) is 3. The van der Waals surface area contributed by atoms with Crippen molar-refractivity contribution < 1.29 is 9.14 Å². The van der Waals surface area contributed by atoms with Crippen LogP contribution >= 0.6 is 0 Å². The highest BCUT2D eigenvalue weighted by Crippen LogP contribution is 2.44. The lowest BCUT2D eigenvalue weighted by Gasteiger charge is -2.41. The first-order valence-corrected chi connectivity index (χ1v) is 9.35. The highest BCUT2D eigenvalue weighted by Gasteiger charge is 2.49. The van der Waals surface area contributed by atoms with Crippen LogP contribution < -0.4 is 11.5 Å². The Labute approximate surface area is 160 Å². The lowest BCUT2D eigenvalue weighted by atomic mass is 9.63. The summed E-state index contributed by atoms with van der Waals surface area (Å²) in [6.07, 6.45) is 2.23. The van der Waals surface area contributed by atoms with E-state index in [-0.39, 0.29) is 0 Å². The molecule has 2 aliphatic rings. The largest absolute Gasteiger partial charge is 0.514 e. The van der Waals surface area contributed by atoms with Gasteiger partial charge in [0.05, 0.1) is 16.9 Å². The summed E-state index contributed by atoms with van der Waals surface area (Å²) in [5, 5.41) is 0. The Kier molecular flexibility index (Phi) is 3.69. The van der Waals surface area contributed by atoms with Crippen LogP contribution in [0.1, 0.15) is 36.4 Å². The highest BCUT2D eigenvalue weighted by atomic mass is 16.5. The second-order valence-electron chi connectivity index (χ2n) is 7.91. The molecule has 6 heteroatoms. The van der Waals surface area contributed by atoms with Gasteiger partial charge in [-0.3, -0.25) is 0 Å². The van der Waals surface area contributed by atoms with Crippen molar-refractivity contribution >= 4 is 29.3 Å². The fourth-order valence-electron chi connectivity index (χ4n) is 4.95. The number of nitrogens with two attached hydrogens (primary N) is 2. The molecule has 27 heavy (non-hydrogen) atoms. The number of anilines is 2. The van der Waals surface area contributed by atoms with E-state index in [9.17, 15) is 0 Å². The Bertz CT molecular complexity index is 1090. The summed E-state index contributed by atoms with van der Waals surface area (Å²) < 4.78 is 10.9. The summed E-state index contributed by atoms with van der Waals surface area (Å²) in [6.45, 7) is 9.33. The number of fused-ring (bicyclic) bond motifs is 2. The fourth-order valence-corrected chi connectivity index (χ4v) is 4.95. The first-order chi connectivity index (χ1) is 12.7. The molecule has 4 N–H and O–H groups in total. The maximum absolute atomic E-state index is 6.18. The Morgan fingerprint density at radius 1 is 1.04 bits per heavy atom. The van der Waals surface area contributed by atoms with Crippen molar-refractivity contribution in [3.05, 3.63) is 64.1 Å². The summed E-state index contributed by atoms with van der Waals surface area (Å²) >= 11 is 0. The number of rotatable bonds is 2. The van der Waals surface area contributed by atoms with Gasteiger partial charge in [0, 0.05) is 24.3 Å². The third kappa shape index (κ3) is 2.20. The third-order valence-electron chi connectivity index (χ3n) is 6.09. The van der Waals surface area contributed by atoms with E-state index >= 15 is 0 Å².